The molecular weight excluding hydrogens is 308 g/mol. The van der Waals surface area contributed by atoms with Gasteiger partial charge in [-0.15, -0.1) is 0 Å². The molecule has 6 heteroatoms. The minimum absolute atomic E-state index is 0.0184. The average molecular weight is 328 g/mol. The van der Waals surface area contributed by atoms with E-state index < -0.39 is 0 Å². The van der Waals surface area contributed by atoms with E-state index in [4.69, 9.17) is 9.15 Å². The highest BCUT2D eigenvalue weighted by Gasteiger charge is 2.16. The van der Waals surface area contributed by atoms with Gasteiger partial charge in [-0.3, -0.25) is 9.59 Å². The van der Waals surface area contributed by atoms with Crippen molar-refractivity contribution in [1.29, 1.82) is 0 Å². The van der Waals surface area contributed by atoms with Crippen LogP contribution in [0.5, 0.6) is 5.75 Å². The summed E-state index contributed by atoms with van der Waals surface area (Å²) in [6.07, 6.45) is 4.77. The molecule has 0 unspecified atom stereocenters. The zero-order valence-electron chi connectivity index (χ0n) is 13.4. The van der Waals surface area contributed by atoms with E-state index in [1.54, 1.807) is 36.4 Å². The number of piperidine rings is 1. The Hall–Kier alpha value is -2.76. The smallest absolute Gasteiger partial charge is 0.291 e. The predicted octanol–water partition coefficient (Wildman–Crippen LogP) is 2.92. The lowest BCUT2D eigenvalue weighted by atomic mass is 10.1. The number of nitrogens with zero attached hydrogens (tertiary/aromatic N) is 1. The van der Waals surface area contributed by atoms with Gasteiger partial charge in [-0.05, 0) is 55.7 Å². The summed E-state index contributed by atoms with van der Waals surface area (Å²) in [5.41, 5.74) is 0.631. The molecule has 0 aliphatic carbocycles. The fourth-order valence-electron chi connectivity index (χ4n) is 2.61. The second-order valence-electron chi connectivity index (χ2n) is 5.69. The molecule has 1 aromatic carbocycles. The standard InChI is InChI=1S/C18H20N2O4/c21-17(20-10-2-1-3-11-20)13-24-15-8-6-14(7-9-15)19-18(22)16-5-4-12-23-16/h4-9,12H,1-3,10-11,13H2,(H,19,22). The van der Waals surface area contributed by atoms with Crippen molar-refractivity contribution in [3.05, 3.63) is 48.4 Å². The molecule has 0 bridgehead atoms. The third-order valence-electron chi connectivity index (χ3n) is 3.93. The van der Waals surface area contributed by atoms with Gasteiger partial charge < -0.3 is 19.4 Å². The molecule has 0 atom stereocenters. The molecule has 0 spiro atoms. The number of benzene rings is 1. The van der Waals surface area contributed by atoms with Gasteiger partial charge in [-0.25, -0.2) is 0 Å². The first kappa shape index (κ1) is 16.1. The van der Waals surface area contributed by atoms with E-state index in [2.05, 4.69) is 5.32 Å². The number of carbonyl (C=O) groups excluding carboxylic acids is 2. The van der Waals surface area contributed by atoms with Crippen molar-refractivity contribution >= 4 is 17.5 Å². The number of anilines is 1. The summed E-state index contributed by atoms with van der Waals surface area (Å²) >= 11 is 0. The van der Waals surface area contributed by atoms with Crippen LogP contribution in [0.3, 0.4) is 0 Å². The molecule has 1 aliphatic heterocycles. The maximum atomic E-state index is 12.0. The summed E-state index contributed by atoms with van der Waals surface area (Å²) in [6.45, 7) is 1.68. The van der Waals surface area contributed by atoms with E-state index in [0.29, 0.717) is 11.4 Å². The fourth-order valence-corrected chi connectivity index (χ4v) is 2.61. The number of ether oxygens (including phenoxy) is 1. The second-order valence-corrected chi connectivity index (χ2v) is 5.69. The van der Waals surface area contributed by atoms with Gasteiger partial charge in [0.25, 0.3) is 11.8 Å². The first-order chi connectivity index (χ1) is 11.7. The van der Waals surface area contributed by atoms with Gasteiger partial charge in [0.2, 0.25) is 0 Å². The molecule has 1 fully saturated rings. The van der Waals surface area contributed by atoms with Crippen LogP contribution in [0.4, 0.5) is 5.69 Å². The van der Waals surface area contributed by atoms with Gasteiger partial charge in [0.1, 0.15) is 5.75 Å². The van der Waals surface area contributed by atoms with Crippen molar-refractivity contribution in [2.24, 2.45) is 0 Å². The Labute approximate surface area is 140 Å². The van der Waals surface area contributed by atoms with Gasteiger partial charge in [0.05, 0.1) is 6.26 Å². The number of likely N-dealkylation sites (tertiary alicyclic amines) is 1. The average Bonchev–Trinajstić information content (AvgIpc) is 3.16. The summed E-state index contributed by atoms with van der Waals surface area (Å²) in [7, 11) is 0. The quantitative estimate of drug-likeness (QED) is 0.916. The normalized spacial score (nSPS) is 14.2. The second kappa shape index (κ2) is 7.68. The van der Waals surface area contributed by atoms with Gasteiger partial charge >= 0.3 is 0 Å². The minimum Gasteiger partial charge on any atom is -0.484 e. The molecular formula is C18H20N2O4. The zero-order valence-corrected chi connectivity index (χ0v) is 13.4. The van der Waals surface area contributed by atoms with Gasteiger partial charge in [0.15, 0.2) is 12.4 Å². The maximum Gasteiger partial charge on any atom is 0.291 e. The third kappa shape index (κ3) is 4.16. The molecule has 0 radical (unpaired) electrons. The lowest BCUT2D eigenvalue weighted by Crippen LogP contribution is -2.38. The van der Waals surface area contributed by atoms with Crippen LogP contribution in [-0.2, 0) is 4.79 Å². The predicted molar refractivity (Wildman–Crippen MR) is 89.0 cm³/mol. The first-order valence-corrected chi connectivity index (χ1v) is 8.08. The van der Waals surface area contributed by atoms with Crippen LogP contribution in [0.25, 0.3) is 0 Å². The Kier molecular flexibility index (Phi) is 5.15. The Morgan fingerprint density at radius 2 is 1.83 bits per heavy atom. The first-order valence-electron chi connectivity index (χ1n) is 8.08. The van der Waals surface area contributed by atoms with Crippen molar-refractivity contribution in [3.63, 3.8) is 0 Å². The van der Waals surface area contributed by atoms with Crippen molar-refractivity contribution < 1.29 is 18.7 Å². The number of nitrogens with one attached hydrogen (secondary N) is 1. The molecule has 1 aromatic heterocycles. The van der Waals surface area contributed by atoms with E-state index in [9.17, 15) is 9.59 Å². The van der Waals surface area contributed by atoms with Crippen LogP contribution in [0.2, 0.25) is 0 Å². The fraction of sp³-hybridized carbons (Fsp3) is 0.333. The largest absolute Gasteiger partial charge is 0.484 e. The lowest BCUT2D eigenvalue weighted by Gasteiger charge is -2.26. The maximum absolute atomic E-state index is 12.0. The van der Waals surface area contributed by atoms with Crippen molar-refractivity contribution in [3.8, 4) is 5.75 Å². The third-order valence-corrected chi connectivity index (χ3v) is 3.93. The monoisotopic (exact) mass is 328 g/mol. The number of hydrogen-bond acceptors (Lipinski definition) is 4. The van der Waals surface area contributed by atoms with Crippen LogP contribution in [-0.4, -0.2) is 36.4 Å². The molecule has 2 heterocycles. The van der Waals surface area contributed by atoms with Crippen molar-refractivity contribution in [2.45, 2.75) is 19.3 Å². The molecule has 1 N–H and O–H groups in total. The molecule has 1 saturated heterocycles. The summed E-state index contributed by atoms with van der Waals surface area (Å²) < 4.78 is 10.6. The molecule has 2 amide bonds. The lowest BCUT2D eigenvalue weighted by molar-refractivity contribution is -0.134. The Balaban J connectivity index is 1.49. The van der Waals surface area contributed by atoms with Crippen LogP contribution in [0.15, 0.2) is 47.1 Å². The molecule has 24 heavy (non-hydrogen) atoms. The van der Waals surface area contributed by atoms with Crippen LogP contribution < -0.4 is 10.1 Å². The molecule has 2 aromatic rings. The van der Waals surface area contributed by atoms with Crippen molar-refractivity contribution in [2.75, 3.05) is 25.0 Å². The van der Waals surface area contributed by atoms with E-state index in [1.165, 1.54) is 12.7 Å². The summed E-state index contributed by atoms with van der Waals surface area (Å²) in [5, 5.41) is 2.72. The summed E-state index contributed by atoms with van der Waals surface area (Å²) in [6, 6.07) is 10.1. The van der Waals surface area contributed by atoms with Gasteiger partial charge in [0, 0.05) is 18.8 Å². The van der Waals surface area contributed by atoms with Gasteiger partial charge in [-0.1, -0.05) is 0 Å². The van der Waals surface area contributed by atoms with E-state index in [0.717, 1.165) is 25.9 Å². The number of rotatable bonds is 5. The molecule has 0 saturated carbocycles. The zero-order chi connectivity index (χ0) is 16.8. The van der Waals surface area contributed by atoms with Gasteiger partial charge in [-0.2, -0.15) is 0 Å². The highest BCUT2D eigenvalue weighted by Crippen LogP contribution is 2.17. The Morgan fingerprint density at radius 3 is 2.50 bits per heavy atom. The van der Waals surface area contributed by atoms with E-state index in [-0.39, 0.29) is 24.2 Å². The number of hydrogen-bond donors (Lipinski definition) is 1. The topological polar surface area (TPSA) is 71.8 Å². The van der Waals surface area contributed by atoms with E-state index >= 15 is 0 Å². The van der Waals surface area contributed by atoms with Crippen LogP contribution in [0.1, 0.15) is 29.8 Å². The summed E-state index contributed by atoms with van der Waals surface area (Å²) in [4.78, 5) is 25.8. The number of amides is 2. The molecule has 3 rings (SSSR count). The Bertz CT molecular complexity index is 674. The molecule has 6 nitrogen and oxygen atoms in total. The number of carbonyl (C=O) groups is 2. The highest BCUT2D eigenvalue weighted by molar-refractivity contribution is 6.02. The minimum atomic E-state index is -0.311. The summed E-state index contributed by atoms with van der Waals surface area (Å²) in [5.74, 6) is 0.553. The van der Waals surface area contributed by atoms with Crippen LogP contribution in [0, 0.1) is 0 Å². The SMILES string of the molecule is O=C(Nc1ccc(OCC(=O)N2CCCCC2)cc1)c1ccco1. The number of furan rings is 1. The molecule has 126 valence electrons. The Morgan fingerprint density at radius 1 is 1.08 bits per heavy atom. The molecule has 1 aliphatic rings. The van der Waals surface area contributed by atoms with Crippen LogP contribution >= 0.6 is 0 Å². The highest BCUT2D eigenvalue weighted by atomic mass is 16.5. The van der Waals surface area contributed by atoms with E-state index in [1.807, 2.05) is 4.90 Å². The van der Waals surface area contributed by atoms with Crippen molar-refractivity contribution in [1.82, 2.24) is 4.90 Å².